The van der Waals surface area contributed by atoms with Crippen molar-refractivity contribution in [2.24, 2.45) is 0 Å². The second kappa shape index (κ2) is 8.31. The van der Waals surface area contributed by atoms with E-state index in [0.29, 0.717) is 17.0 Å². The molecule has 2 aromatic carbocycles. The highest BCUT2D eigenvalue weighted by molar-refractivity contribution is 6.27. The molecule has 0 spiro atoms. The van der Waals surface area contributed by atoms with E-state index in [9.17, 15) is 14.4 Å². The zero-order valence-corrected chi connectivity index (χ0v) is 15.0. The molecule has 0 radical (unpaired) electrons. The number of imide groups is 1. The number of para-hydroxylation sites is 2. The predicted octanol–water partition coefficient (Wildman–Crippen LogP) is 2.78. The molecular weight excluding hydrogens is 344 g/mol. The molecule has 1 aliphatic rings. The van der Waals surface area contributed by atoms with Crippen LogP contribution in [0.4, 0.5) is 5.69 Å². The Kier molecular flexibility index (Phi) is 5.66. The van der Waals surface area contributed by atoms with Crippen LogP contribution in [-0.2, 0) is 14.4 Å². The highest BCUT2D eigenvalue weighted by Gasteiger charge is 2.35. The van der Waals surface area contributed by atoms with E-state index in [1.54, 1.807) is 43.3 Å². The monoisotopic (exact) mass is 364 g/mol. The SMILES string of the molecule is CC1=C(C(=O)Nc2ccccc2)C(=O)N(CCOc2ccccc2)C(=O)C1. The number of amides is 3. The van der Waals surface area contributed by atoms with Crippen LogP contribution >= 0.6 is 0 Å². The number of ether oxygens (including phenoxy) is 1. The van der Waals surface area contributed by atoms with Gasteiger partial charge in [-0.2, -0.15) is 0 Å². The van der Waals surface area contributed by atoms with E-state index in [1.807, 2.05) is 24.3 Å². The summed E-state index contributed by atoms with van der Waals surface area (Å²) in [6.07, 6.45) is 0.0363. The Morgan fingerprint density at radius 1 is 1.04 bits per heavy atom. The first-order valence-electron chi connectivity index (χ1n) is 8.65. The van der Waals surface area contributed by atoms with Gasteiger partial charge in [0.1, 0.15) is 17.9 Å². The fourth-order valence-corrected chi connectivity index (χ4v) is 2.85. The second-order valence-corrected chi connectivity index (χ2v) is 6.16. The van der Waals surface area contributed by atoms with Gasteiger partial charge in [-0.05, 0) is 36.8 Å². The Hall–Kier alpha value is -3.41. The fraction of sp³-hybridized carbons (Fsp3) is 0.190. The Balaban J connectivity index is 1.68. The lowest BCUT2D eigenvalue weighted by atomic mass is 9.99. The van der Waals surface area contributed by atoms with Crippen LogP contribution in [0.3, 0.4) is 0 Å². The van der Waals surface area contributed by atoms with Gasteiger partial charge < -0.3 is 10.1 Å². The number of anilines is 1. The van der Waals surface area contributed by atoms with Crippen molar-refractivity contribution in [2.45, 2.75) is 13.3 Å². The van der Waals surface area contributed by atoms with Crippen molar-refractivity contribution in [1.82, 2.24) is 4.90 Å². The summed E-state index contributed by atoms with van der Waals surface area (Å²) >= 11 is 0. The van der Waals surface area contributed by atoms with Crippen LogP contribution in [0.1, 0.15) is 13.3 Å². The first-order chi connectivity index (χ1) is 13.1. The summed E-state index contributed by atoms with van der Waals surface area (Å²) in [5.41, 5.74) is 1.07. The van der Waals surface area contributed by atoms with Gasteiger partial charge in [-0.1, -0.05) is 36.4 Å². The zero-order chi connectivity index (χ0) is 19.2. The minimum Gasteiger partial charge on any atom is -0.492 e. The molecule has 6 nitrogen and oxygen atoms in total. The summed E-state index contributed by atoms with van der Waals surface area (Å²) in [6.45, 7) is 1.88. The van der Waals surface area contributed by atoms with E-state index >= 15 is 0 Å². The van der Waals surface area contributed by atoms with Gasteiger partial charge in [-0.25, -0.2) is 0 Å². The molecule has 3 rings (SSSR count). The van der Waals surface area contributed by atoms with E-state index in [-0.39, 0.29) is 31.1 Å². The van der Waals surface area contributed by atoms with Crippen molar-refractivity contribution in [2.75, 3.05) is 18.5 Å². The average molecular weight is 364 g/mol. The summed E-state index contributed by atoms with van der Waals surface area (Å²) in [5.74, 6) is -0.771. The molecule has 0 saturated heterocycles. The number of hydrogen-bond donors (Lipinski definition) is 1. The summed E-state index contributed by atoms with van der Waals surface area (Å²) < 4.78 is 5.56. The van der Waals surface area contributed by atoms with Crippen molar-refractivity contribution >= 4 is 23.4 Å². The molecule has 2 aromatic rings. The van der Waals surface area contributed by atoms with Crippen LogP contribution in [-0.4, -0.2) is 35.8 Å². The molecule has 0 aliphatic carbocycles. The molecule has 0 bridgehead atoms. The van der Waals surface area contributed by atoms with Gasteiger partial charge in [0.05, 0.1) is 6.54 Å². The van der Waals surface area contributed by atoms with Crippen molar-refractivity contribution in [3.8, 4) is 5.75 Å². The lowest BCUT2D eigenvalue weighted by molar-refractivity contribution is -0.144. The minimum atomic E-state index is -0.589. The molecule has 0 fully saturated rings. The molecule has 1 heterocycles. The van der Waals surface area contributed by atoms with Gasteiger partial charge in [0.15, 0.2) is 0 Å². The third-order valence-corrected chi connectivity index (χ3v) is 4.19. The number of carbonyl (C=O) groups excluding carboxylic acids is 3. The largest absolute Gasteiger partial charge is 0.492 e. The lowest BCUT2D eigenvalue weighted by Gasteiger charge is -2.27. The van der Waals surface area contributed by atoms with Crippen LogP contribution in [0.25, 0.3) is 0 Å². The number of nitrogens with zero attached hydrogens (tertiary/aromatic N) is 1. The van der Waals surface area contributed by atoms with Crippen LogP contribution in [0.5, 0.6) is 5.75 Å². The lowest BCUT2D eigenvalue weighted by Crippen LogP contribution is -2.46. The van der Waals surface area contributed by atoms with Gasteiger partial charge >= 0.3 is 0 Å². The van der Waals surface area contributed by atoms with Crippen molar-refractivity contribution in [3.63, 3.8) is 0 Å². The fourth-order valence-electron chi connectivity index (χ4n) is 2.85. The maximum absolute atomic E-state index is 12.8. The highest BCUT2D eigenvalue weighted by Crippen LogP contribution is 2.22. The third-order valence-electron chi connectivity index (χ3n) is 4.19. The average Bonchev–Trinajstić information content (AvgIpc) is 2.66. The molecule has 0 atom stereocenters. The maximum atomic E-state index is 12.8. The van der Waals surface area contributed by atoms with Crippen molar-refractivity contribution < 1.29 is 19.1 Å². The Labute approximate surface area is 157 Å². The molecule has 3 amide bonds. The molecule has 27 heavy (non-hydrogen) atoms. The Bertz CT molecular complexity index is 876. The normalized spacial score (nSPS) is 14.3. The van der Waals surface area contributed by atoms with E-state index in [1.165, 1.54) is 0 Å². The summed E-state index contributed by atoms with van der Waals surface area (Å²) in [7, 11) is 0. The molecule has 0 saturated carbocycles. The number of benzene rings is 2. The maximum Gasteiger partial charge on any atom is 0.266 e. The summed E-state index contributed by atoms with van der Waals surface area (Å²) in [5, 5.41) is 2.70. The second-order valence-electron chi connectivity index (χ2n) is 6.16. The Morgan fingerprint density at radius 2 is 1.67 bits per heavy atom. The first-order valence-corrected chi connectivity index (χ1v) is 8.65. The smallest absolute Gasteiger partial charge is 0.266 e. The van der Waals surface area contributed by atoms with Gasteiger partial charge in [0, 0.05) is 12.1 Å². The first kappa shape index (κ1) is 18.4. The van der Waals surface area contributed by atoms with Gasteiger partial charge in [-0.3, -0.25) is 19.3 Å². The van der Waals surface area contributed by atoms with Gasteiger partial charge in [-0.15, -0.1) is 0 Å². The molecule has 1 aliphatic heterocycles. The molecular formula is C21H20N2O4. The highest BCUT2D eigenvalue weighted by atomic mass is 16.5. The quantitative estimate of drug-likeness (QED) is 0.632. The van der Waals surface area contributed by atoms with Crippen LogP contribution < -0.4 is 10.1 Å². The Morgan fingerprint density at radius 3 is 2.33 bits per heavy atom. The van der Waals surface area contributed by atoms with Crippen LogP contribution in [0.15, 0.2) is 71.8 Å². The molecule has 1 N–H and O–H groups in total. The molecule has 0 aromatic heterocycles. The van der Waals surface area contributed by atoms with Crippen LogP contribution in [0.2, 0.25) is 0 Å². The molecule has 0 unspecified atom stereocenters. The zero-order valence-electron chi connectivity index (χ0n) is 15.0. The van der Waals surface area contributed by atoms with Gasteiger partial charge in [0.25, 0.3) is 11.8 Å². The predicted molar refractivity (Wildman–Crippen MR) is 101 cm³/mol. The number of hydrogen-bond acceptors (Lipinski definition) is 4. The number of carbonyl (C=O) groups is 3. The topological polar surface area (TPSA) is 75.7 Å². The van der Waals surface area contributed by atoms with Crippen molar-refractivity contribution in [3.05, 3.63) is 71.8 Å². The third kappa shape index (κ3) is 4.41. The molecule has 6 heteroatoms. The number of nitrogens with one attached hydrogen (secondary N) is 1. The van der Waals surface area contributed by atoms with E-state index in [4.69, 9.17) is 4.74 Å². The van der Waals surface area contributed by atoms with E-state index in [0.717, 1.165) is 4.90 Å². The number of rotatable bonds is 6. The summed E-state index contributed by atoms with van der Waals surface area (Å²) in [6, 6.07) is 18.0. The van der Waals surface area contributed by atoms with E-state index in [2.05, 4.69) is 5.32 Å². The van der Waals surface area contributed by atoms with Gasteiger partial charge in [0.2, 0.25) is 5.91 Å². The minimum absolute atomic E-state index is 0.0122. The standard InChI is InChI=1S/C21H20N2O4/c1-15-14-18(24)23(12-13-27-17-10-6-3-7-11-17)21(26)19(15)20(25)22-16-8-4-2-5-9-16/h2-11H,12-14H2,1H3,(H,22,25). The van der Waals surface area contributed by atoms with Crippen molar-refractivity contribution in [1.29, 1.82) is 0 Å². The summed E-state index contributed by atoms with van der Waals surface area (Å²) in [4.78, 5) is 38.7. The molecule has 138 valence electrons. The van der Waals surface area contributed by atoms with Crippen LogP contribution in [0, 0.1) is 0 Å². The van der Waals surface area contributed by atoms with E-state index < -0.39 is 11.8 Å².